The predicted octanol–water partition coefficient (Wildman–Crippen LogP) is 0.345. The molecule has 1 saturated carbocycles. The van der Waals surface area contributed by atoms with E-state index in [1.807, 2.05) is 0 Å². The van der Waals surface area contributed by atoms with Crippen molar-refractivity contribution in [3.05, 3.63) is 0 Å². The van der Waals surface area contributed by atoms with Crippen LogP contribution >= 0.6 is 0 Å². The molecule has 3 nitrogen and oxygen atoms in total. The number of carbonyl (C=O) groups excluding carboxylic acids is 1. The molecule has 0 radical (unpaired) electrons. The van der Waals surface area contributed by atoms with Crippen LogP contribution in [0.5, 0.6) is 0 Å². The Labute approximate surface area is 72.4 Å². The van der Waals surface area contributed by atoms with Gasteiger partial charge in [-0.2, -0.15) is 0 Å². The van der Waals surface area contributed by atoms with Crippen LogP contribution in [0.4, 0.5) is 0 Å². The van der Waals surface area contributed by atoms with Crippen LogP contribution in [-0.2, 0) is 4.79 Å². The third-order valence-electron chi connectivity index (χ3n) is 2.75. The van der Waals surface area contributed by atoms with Crippen LogP contribution in [0.1, 0.15) is 26.2 Å². The van der Waals surface area contributed by atoms with Crippen molar-refractivity contribution in [2.24, 2.45) is 11.8 Å². The molecule has 12 heavy (non-hydrogen) atoms. The summed E-state index contributed by atoms with van der Waals surface area (Å²) in [5, 5.41) is 18.3. The van der Waals surface area contributed by atoms with Gasteiger partial charge >= 0.3 is 0 Å². The van der Waals surface area contributed by atoms with Gasteiger partial charge in [0.15, 0.2) is 0 Å². The number of Topliss-reactive ketones (excluding diaryl/α,β-unsaturated/α-hetero) is 1. The molecule has 3 atom stereocenters. The monoisotopic (exact) mass is 172 g/mol. The summed E-state index contributed by atoms with van der Waals surface area (Å²) in [4.78, 5) is 11.0. The highest BCUT2D eigenvalue weighted by atomic mass is 16.3. The third kappa shape index (κ3) is 2.05. The fraction of sp³-hybridized carbons (Fsp3) is 0.889. The molecule has 0 aliphatic heterocycles. The molecule has 3 heteroatoms. The summed E-state index contributed by atoms with van der Waals surface area (Å²) in [5.41, 5.74) is 0. The van der Waals surface area contributed by atoms with Crippen molar-refractivity contribution in [3.63, 3.8) is 0 Å². The topological polar surface area (TPSA) is 57.5 Å². The predicted molar refractivity (Wildman–Crippen MR) is 44.6 cm³/mol. The Morgan fingerprint density at radius 2 is 2.17 bits per heavy atom. The van der Waals surface area contributed by atoms with E-state index in [1.54, 1.807) is 6.92 Å². The number of hydrogen-bond acceptors (Lipinski definition) is 3. The van der Waals surface area contributed by atoms with Gasteiger partial charge in [0.2, 0.25) is 0 Å². The standard InChI is InChI=1S/C9H16O3/c1-6(11)7-2-3-9(12)8(4-7)5-10/h7-10,12H,2-5H2,1H3. The zero-order valence-corrected chi connectivity index (χ0v) is 7.36. The Kier molecular flexibility index (Phi) is 3.23. The largest absolute Gasteiger partial charge is 0.396 e. The van der Waals surface area contributed by atoms with Crippen LogP contribution in [0, 0.1) is 11.8 Å². The SMILES string of the molecule is CC(=O)C1CCC(O)C(CO)C1. The molecule has 0 saturated heterocycles. The van der Waals surface area contributed by atoms with Crippen LogP contribution < -0.4 is 0 Å². The Bertz CT molecular complexity index is 167. The van der Waals surface area contributed by atoms with E-state index < -0.39 is 6.10 Å². The molecule has 0 bridgehead atoms. The minimum atomic E-state index is -0.411. The second kappa shape index (κ2) is 4.01. The molecule has 1 fully saturated rings. The van der Waals surface area contributed by atoms with Gasteiger partial charge in [0.05, 0.1) is 6.10 Å². The Balaban J connectivity index is 2.49. The lowest BCUT2D eigenvalue weighted by Crippen LogP contribution is -2.33. The maximum absolute atomic E-state index is 11.0. The van der Waals surface area contributed by atoms with Gasteiger partial charge < -0.3 is 10.2 Å². The maximum atomic E-state index is 11.0. The molecule has 1 aliphatic carbocycles. The maximum Gasteiger partial charge on any atom is 0.132 e. The number of ketones is 1. The van der Waals surface area contributed by atoms with Crippen molar-refractivity contribution in [1.82, 2.24) is 0 Å². The summed E-state index contributed by atoms with van der Waals surface area (Å²) in [5.74, 6) is 0.151. The van der Waals surface area contributed by atoms with Crippen molar-refractivity contribution < 1.29 is 15.0 Å². The molecule has 1 aliphatic rings. The molecule has 70 valence electrons. The van der Waals surface area contributed by atoms with E-state index in [9.17, 15) is 9.90 Å². The number of rotatable bonds is 2. The third-order valence-corrected chi connectivity index (χ3v) is 2.75. The van der Waals surface area contributed by atoms with E-state index in [2.05, 4.69) is 0 Å². The van der Waals surface area contributed by atoms with E-state index in [1.165, 1.54) is 0 Å². The molecule has 0 aromatic heterocycles. The van der Waals surface area contributed by atoms with Crippen molar-refractivity contribution >= 4 is 5.78 Å². The molecule has 0 aromatic rings. The average Bonchev–Trinajstić information content (AvgIpc) is 2.05. The molecule has 2 N–H and O–H groups in total. The van der Waals surface area contributed by atoms with Gasteiger partial charge in [-0.05, 0) is 26.2 Å². The zero-order chi connectivity index (χ0) is 9.14. The molecule has 0 heterocycles. The van der Waals surface area contributed by atoms with E-state index in [0.29, 0.717) is 12.8 Å². The highest BCUT2D eigenvalue weighted by Gasteiger charge is 2.30. The fourth-order valence-corrected chi connectivity index (χ4v) is 1.81. The van der Waals surface area contributed by atoms with Crippen molar-refractivity contribution in [3.8, 4) is 0 Å². The average molecular weight is 172 g/mol. The molecular weight excluding hydrogens is 156 g/mol. The first-order valence-electron chi connectivity index (χ1n) is 4.44. The van der Waals surface area contributed by atoms with Crippen molar-refractivity contribution in [1.29, 1.82) is 0 Å². The summed E-state index contributed by atoms with van der Waals surface area (Å²) in [7, 11) is 0. The summed E-state index contributed by atoms with van der Waals surface area (Å²) >= 11 is 0. The number of carbonyl (C=O) groups is 1. The van der Waals surface area contributed by atoms with Crippen LogP contribution in [0.2, 0.25) is 0 Å². The van der Waals surface area contributed by atoms with Crippen molar-refractivity contribution in [2.75, 3.05) is 6.61 Å². The van der Waals surface area contributed by atoms with Gasteiger partial charge in [-0.3, -0.25) is 4.79 Å². The highest BCUT2D eigenvalue weighted by molar-refractivity contribution is 5.78. The second-order valence-electron chi connectivity index (χ2n) is 3.63. The molecule has 3 unspecified atom stereocenters. The Hall–Kier alpha value is -0.410. The number of hydrogen-bond donors (Lipinski definition) is 2. The first-order chi connectivity index (χ1) is 5.65. The second-order valence-corrected chi connectivity index (χ2v) is 3.63. The lowest BCUT2D eigenvalue weighted by Gasteiger charge is -2.30. The van der Waals surface area contributed by atoms with Gasteiger partial charge in [-0.15, -0.1) is 0 Å². The summed E-state index contributed by atoms with van der Waals surface area (Å²) in [6.07, 6.45) is 1.65. The van der Waals surface area contributed by atoms with Gasteiger partial charge in [0.1, 0.15) is 5.78 Å². The summed E-state index contributed by atoms with van der Waals surface area (Å²) < 4.78 is 0. The van der Waals surface area contributed by atoms with E-state index in [4.69, 9.17) is 5.11 Å². The Morgan fingerprint density at radius 1 is 1.50 bits per heavy atom. The van der Waals surface area contributed by atoms with Gasteiger partial charge in [0.25, 0.3) is 0 Å². The van der Waals surface area contributed by atoms with Gasteiger partial charge in [0, 0.05) is 18.4 Å². The van der Waals surface area contributed by atoms with Crippen molar-refractivity contribution in [2.45, 2.75) is 32.3 Å². The van der Waals surface area contributed by atoms with Crippen LogP contribution in [0.3, 0.4) is 0 Å². The highest BCUT2D eigenvalue weighted by Crippen LogP contribution is 2.29. The normalized spacial score (nSPS) is 36.4. The molecule has 0 amide bonds. The molecular formula is C9H16O3. The minimum absolute atomic E-state index is 0.00898. The zero-order valence-electron chi connectivity index (χ0n) is 7.36. The smallest absolute Gasteiger partial charge is 0.132 e. The number of aliphatic hydroxyl groups excluding tert-OH is 2. The molecule has 0 aromatic carbocycles. The quantitative estimate of drug-likeness (QED) is 0.631. The van der Waals surface area contributed by atoms with Crippen LogP contribution in [0.25, 0.3) is 0 Å². The van der Waals surface area contributed by atoms with E-state index >= 15 is 0 Å². The lowest BCUT2D eigenvalue weighted by atomic mass is 9.78. The summed E-state index contributed by atoms with van der Waals surface area (Å²) in [6.45, 7) is 1.57. The van der Waals surface area contributed by atoms with E-state index in [-0.39, 0.29) is 24.2 Å². The first-order valence-corrected chi connectivity index (χ1v) is 4.44. The fourth-order valence-electron chi connectivity index (χ4n) is 1.81. The first kappa shape index (κ1) is 9.68. The minimum Gasteiger partial charge on any atom is -0.396 e. The van der Waals surface area contributed by atoms with Gasteiger partial charge in [-0.1, -0.05) is 0 Å². The summed E-state index contributed by atoms with van der Waals surface area (Å²) in [6, 6.07) is 0. The van der Waals surface area contributed by atoms with Crippen LogP contribution in [0.15, 0.2) is 0 Å². The molecule has 0 spiro atoms. The van der Waals surface area contributed by atoms with Gasteiger partial charge in [-0.25, -0.2) is 0 Å². The van der Waals surface area contributed by atoms with E-state index in [0.717, 1.165) is 6.42 Å². The lowest BCUT2D eigenvalue weighted by molar-refractivity contribution is -0.123. The Morgan fingerprint density at radius 3 is 2.67 bits per heavy atom. The number of aliphatic hydroxyl groups is 2. The molecule has 1 rings (SSSR count). The van der Waals surface area contributed by atoms with Crippen LogP contribution in [-0.4, -0.2) is 28.7 Å².